The van der Waals surface area contributed by atoms with Gasteiger partial charge in [0.25, 0.3) is 0 Å². The SMILES string of the molecule is CCCCC1CCN(C2CCC(CCCCC#N)CC2)CC1. The molecule has 0 aromatic carbocycles. The molecule has 1 aliphatic heterocycles. The molecule has 2 rings (SSSR count). The van der Waals surface area contributed by atoms with Crippen LogP contribution in [0.3, 0.4) is 0 Å². The number of rotatable bonds is 8. The molecule has 1 saturated heterocycles. The van der Waals surface area contributed by atoms with Gasteiger partial charge in [-0.15, -0.1) is 0 Å². The van der Waals surface area contributed by atoms with E-state index >= 15 is 0 Å². The second-order valence-corrected chi connectivity index (χ2v) is 7.70. The molecule has 126 valence electrons. The van der Waals surface area contributed by atoms with Crippen molar-refractivity contribution in [3.8, 4) is 6.07 Å². The summed E-state index contributed by atoms with van der Waals surface area (Å²) in [6.07, 6.45) is 17.4. The van der Waals surface area contributed by atoms with Gasteiger partial charge in [-0.05, 0) is 69.9 Å². The lowest BCUT2D eigenvalue weighted by atomic mass is 9.81. The van der Waals surface area contributed by atoms with E-state index in [0.717, 1.165) is 30.7 Å². The third-order valence-electron chi connectivity index (χ3n) is 6.10. The van der Waals surface area contributed by atoms with Gasteiger partial charge in [0.2, 0.25) is 0 Å². The first-order valence-electron chi connectivity index (χ1n) is 9.94. The molecule has 2 heteroatoms. The van der Waals surface area contributed by atoms with Gasteiger partial charge in [0.1, 0.15) is 0 Å². The Balaban J connectivity index is 1.58. The Morgan fingerprint density at radius 2 is 1.50 bits per heavy atom. The molecule has 0 aromatic rings. The lowest BCUT2D eigenvalue weighted by molar-refractivity contribution is 0.0902. The standard InChI is InChI=1S/C20H36N2/c1-2-3-7-19-13-16-22(17-14-19)20-11-9-18(10-12-20)8-5-4-6-15-21/h18-20H,2-14,16-17H2,1H3. The largest absolute Gasteiger partial charge is 0.300 e. The lowest BCUT2D eigenvalue weighted by Crippen LogP contribution is -2.43. The van der Waals surface area contributed by atoms with Crippen LogP contribution in [-0.4, -0.2) is 24.0 Å². The first-order valence-corrected chi connectivity index (χ1v) is 9.94. The quantitative estimate of drug-likeness (QED) is 0.551. The van der Waals surface area contributed by atoms with Crippen LogP contribution in [0.5, 0.6) is 0 Å². The van der Waals surface area contributed by atoms with E-state index in [9.17, 15) is 0 Å². The topological polar surface area (TPSA) is 27.0 Å². The van der Waals surface area contributed by atoms with Crippen LogP contribution in [-0.2, 0) is 0 Å². The van der Waals surface area contributed by atoms with Crippen LogP contribution < -0.4 is 0 Å². The molecule has 22 heavy (non-hydrogen) atoms. The Hall–Kier alpha value is -0.550. The summed E-state index contributed by atoms with van der Waals surface area (Å²) in [6, 6.07) is 3.16. The van der Waals surface area contributed by atoms with Crippen LogP contribution in [0.4, 0.5) is 0 Å². The normalized spacial score (nSPS) is 27.6. The van der Waals surface area contributed by atoms with Crippen LogP contribution in [0.15, 0.2) is 0 Å². The van der Waals surface area contributed by atoms with Crippen molar-refractivity contribution in [3.63, 3.8) is 0 Å². The van der Waals surface area contributed by atoms with Crippen LogP contribution >= 0.6 is 0 Å². The summed E-state index contributed by atoms with van der Waals surface area (Å²) in [5.74, 6) is 1.98. The molecule has 0 unspecified atom stereocenters. The highest BCUT2D eigenvalue weighted by Crippen LogP contribution is 2.33. The van der Waals surface area contributed by atoms with Gasteiger partial charge in [-0.1, -0.05) is 39.0 Å². The number of likely N-dealkylation sites (tertiary alicyclic amines) is 1. The van der Waals surface area contributed by atoms with Crippen molar-refractivity contribution in [2.45, 2.75) is 96.4 Å². The molecule has 1 aliphatic carbocycles. The fraction of sp³-hybridized carbons (Fsp3) is 0.950. The summed E-state index contributed by atoms with van der Waals surface area (Å²) in [5, 5.41) is 8.59. The Kier molecular flexibility index (Phi) is 8.31. The molecule has 2 aliphatic rings. The number of unbranched alkanes of at least 4 members (excludes halogenated alkanes) is 3. The summed E-state index contributed by atoms with van der Waals surface area (Å²) >= 11 is 0. The van der Waals surface area contributed by atoms with Crippen molar-refractivity contribution < 1.29 is 0 Å². The molecule has 0 amide bonds. The molecule has 2 nitrogen and oxygen atoms in total. The highest BCUT2D eigenvalue weighted by atomic mass is 15.2. The third kappa shape index (κ3) is 5.92. The average molecular weight is 305 g/mol. The number of hydrogen-bond acceptors (Lipinski definition) is 2. The monoisotopic (exact) mass is 304 g/mol. The summed E-state index contributed by atoms with van der Waals surface area (Å²) in [6.45, 7) is 5.05. The van der Waals surface area contributed by atoms with Crippen LogP contribution in [0.1, 0.15) is 90.4 Å². The molecule has 0 N–H and O–H groups in total. The maximum Gasteiger partial charge on any atom is 0.0621 e. The van der Waals surface area contributed by atoms with Gasteiger partial charge in [0.05, 0.1) is 6.07 Å². The van der Waals surface area contributed by atoms with Gasteiger partial charge < -0.3 is 4.90 Å². The second kappa shape index (κ2) is 10.3. The zero-order valence-corrected chi connectivity index (χ0v) is 14.7. The molecule has 1 saturated carbocycles. The van der Waals surface area contributed by atoms with E-state index in [0.29, 0.717) is 0 Å². The van der Waals surface area contributed by atoms with Gasteiger partial charge in [0, 0.05) is 12.5 Å². The van der Waals surface area contributed by atoms with Crippen LogP contribution in [0.2, 0.25) is 0 Å². The van der Waals surface area contributed by atoms with Gasteiger partial charge in [-0.2, -0.15) is 5.26 Å². The van der Waals surface area contributed by atoms with Crippen LogP contribution in [0, 0.1) is 23.2 Å². The third-order valence-corrected chi connectivity index (χ3v) is 6.10. The predicted octanol–water partition coefficient (Wildman–Crippen LogP) is 5.53. The Labute approximate surface area is 138 Å². The molecule has 0 aromatic heterocycles. The van der Waals surface area contributed by atoms with Crippen molar-refractivity contribution in [3.05, 3.63) is 0 Å². The minimum Gasteiger partial charge on any atom is -0.300 e. The molecule has 1 heterocycles. The molecular formula is C20H36N2. The fourth-order valence-corrected chi connectivity index (χ4v) is 4.54. The van der Waals surface area contributed by atoms with Crippen molar-refractivity contribution in [1.82, 2.24) is 4.90 Å². The highest BCUT2D eigenvalue weighted by molar-refractivity contribution is 4.83. The van der Waals surface area contributed by atoms with Gasteiger partial charge in [-0.3, -0.25) is 0 Å². The van der Waals surface area contributed by atoms with E-state index in [-0.39, 0.29) is 0 Å². The molecular weight excluding hydrogens is 268 g/mol. The van der Waals surface area contributed by atoms with Gasteiger partial charge in [-0.25, -0.2) is 0 Å². The summed E-state index contributed by atoms with van der Waals surface area (Å²) in [4.78, 5) is 2.81. The Morgan fingerprint density at radius 3 is 2.14 bits per heavy atom. The minimum absolute atomic E-state index is 0.752. The maximum absolute atomic E-state index is 8.59. The van der Waals surface area contributed by atoms with E-state index in [1.54, 1.807) is 0 Å². The van der Waals surface area contributed by atoms with E-state index < -0.39 is 0 Å². The molecule has 0 radical (unpaired) electrons. The first-order chi connectivity index (χ1) is 10.8. The van der Waals surface area contributed by atoms with E-state index in [2.05, 4.69) is 17.9 Å². The average Bonchev–Trinajstić information content (AvgIpc) is 2.58. The molecule has 0 spiro atoms. The van der Waals surface area contributed by atoms with Crippen molar-refractivity contribution in [2.24, 2.45) is 11.8 Å². The van der Waals surface area contributed by atoms with E-state index in [1.807, 2.05) is 0 Å². The number of hydrogen-bond donors (Lipinski definition) is 0. The zero-order chi connectivity index (χ0) is 15.6. The zero-order valence-electron chi connectivity index (χ0n) is 14.7. The predicted molar refractivity (Wildman–Crippen MR) is 93.6 cm³/mol. The van der Waals surface area contributed by atoms with Gasteiger partial charge >= 0.3 is 0 Å². The maximum atomic E-state index is 8.59. The first kappa shape index (κ1) is 17.8. The summed E-state index contributed by atoms with van der Waals surface area (Å²) in [7, 11) is 0. The van der Waals surface area contributed by atoms with Crippen molar-refractivity contribution in [1.29, 1.82) is 5.26 Å². The van der Waals surface area contributed by atoms with Crippen LogP contribution in [0.25, 0.3) is 0 Å². The van der Waals surface area contributed by atoms with Crippen molar-refractivity contribution >= 4 is 0 Å². The highest BCUT2D eigenvalue weighted by Gasteiger charge is 2.28. The number of piperidine rings is 1. The Bertz CT molecular complexity index is 317. The fourth-order valence-electron chi connectivity index (χ4n) is 4.54. The smallest absolute Gasteiger partial charge is 0.0621 e. The number of nitriles is 1. The molecule has 0 atom stereocenters. The summed E-state index contributed by atoms with van der Waals surface area (Å²) in [5.41, 5.74) is 0. The van der Waals surface area contributed by atoms with E-state index in [4.69, 9.17) is 5.26 Å². The number of nitrogens with zero attached hydrogens (tertiary/aromatic N) is 2. The lowest BCUT2D eigenvalue weighted by Gasteiger charge is -2.41. The summed E-state index contributed by atoms with van der Waals surface area (Å²) < 4.78 is 0. The van der Waals surface area contributed by atoms with Gasteiger partial charge in [0.15, 0.2) is 0 Å². The molecule has 0 bridgehead atoms. The minimum atomic E-state index is 0.752. The second-order valence-electron chi connectivity index (χ2n) is 7.70. The van der Waals surface area contributed by atoms with E-state index in [1.165, 1.54) is 83.7 Å². The Morgan fingerprint density at radius 1 is 0.864 bits per heavy atom. The molecule has 2 fully saturated rings. The van der Waals surface area contributed by atoms with Crippen molar-refractivity contribution in [2.75, 3.05) is 13.1 Å².